The van der Waals surface area contributed by atoms with Gasteiger partial charge in [-0.1, -0.05) is 30.3 Å². The fraction of sp³-hybridized carbons (Fsp3) is 0.467. The van der Waals surface area contributed by atoms with Crippen LogP contribution >= 0.6 is 0 Å². The highest BCUT2D eigenvalue weighted by Gasteiger charge is 2.23. The van der Waals surface area contributed by atoms with Gasteiger partial charge in [0.25, 0.3) is 0 Å². The van der Waals surface area contributed by atoms with E-state index in [0.29, 0.717) is 0 Å². The molecule has 6 heteroatoms. The minimum Gasteiger partial charge on any atom is -0.480 e. The van der Waals surface area contributed by atoms with Crippen molar-refractivity contribution in [1.29, 1.82) is 0 Å². The van der Waals surface area contributed by atoms with Crippen LogP contribution in [0.2, 0.25) is 0 Å². The summed E-state index contributed by atoms with van der Waals surface area (Å²) in [6, 6.07) is 7.98. The molecule has 0 aliphatic heterocycles. The number of carboxylic acid groups (broad SMARTS) is 1. The molecule has 0 unspecified atom stereocenters. The minimum atomic E-state index is -1.17. The number of aliphatic carboxylic acids is 1. The Labute approximate surface area is 124 Å². The van der Waals surface area contributed by atoms with Gasteiger partial charge in [0.2, 0.25) is 0 Å². The quantitative estimate of drug-likeness (QED) is 0.840. The van der Waals surface area contributed by atoms with Crippen LogP contribution in [0.25, 0.3) is 0 Å². The predicted molar refractivity (Wildman–Crippen MR) is 76.9 cm³/mol. The molecular weight excluding hydrogens is 274 g/mol. The first-order valence-corrected chi connectivity index (χ1v) is 6.62. The number of nitrogens with one attached hydrogen (secondary N) is 1. The smallest absolute Gasteiger partial charge is 0.408 e. The van der Waals surface area contributed by atoms with E-state index < -0.39 is 23.7 Å². The SMILES string of the molecule is CC(C)(C)OC[C@@H](NC(=O)OCc1ccccc1)C(=O)O. The van der Waals surface area contributed by atoms with Crippen molar-refractivity contribution in [2.45, 2.75) is 39.0 Å². The predicted octanol–water partition coefficient (Wildman–Crippen LogP) is 2.18. The van der Waals surface area contributed by atoms with Crippen molar-refractivity contribution in [3.63, 3.8) is 0 Å². The summed E-state index contributed by atoms with van der Waals surface area (Å²) in [4.78, 5) is 22.7. The fourth-order valence-electron chi connectivity index (χ4n) is 1.42. The molecule has 6 nitrogen and oxygen atoms in total. The van der Waals surface area contributed by atoms with Gasteiger partial charge in [-0.2, -0.15) is 0 Å². The highest BCUT2D eigenvalue weighted by molar-refractivity contribution is 5.80. The van der Waals surface area contributed by atoms with E-state index in [1.807, 2.05) is 30.3 Å². The number of alkyl carbamates (subject to hydrolysis) is 1. The molecule has 1 amide bonds. The fourth-order valence-corrected chi connectivity index (χ4v) is 1.42. The number of ether oxygens (including phenoxy) is 2. The van der Waals surface area contributed by atoms with Crippen molar-refractivity contribution in [2.24, 2.45) is 0 Å². The highest BCUT2D eigenvalue weighted by atomic mass is 16.5. The lowest BCUT2D eigenvalue weighted by molar-refractivity contribution is -0.142. The summed E-state index contributed by atoms with van der Waals surface area (Å²) in [5, 5.41) is 11.3. The largest absolute Gasteiger partial charge is 0.480 e. The molecule has 0 aromatic heterocycles. The van der Waals surface area contributed by atoms with E-state index >= 15 is 0 Å². The van der Waals surface area contributed by atoms with Gasteiger partial charge in [-0.05, 0) is 26.3 Å². The second kappa shape index (κ2) is 7.64. The molecular formula is C15H21NO5. The van der Waals surface area contributed by atoms with Crippen molar-refractivity contribution < 1.29 is 24.2 Å². The third-order valence-corrected chi connectivity index (χ3v) is 2.49. The van der Waals surface area contributed by atoms with Crippen LogP contribution in [0.1, 0.15) is 26.3 Å². The molecule has 0 saturated carbocycles. The van der Waals surface area contributed by atoms with E-state index in [1.165, 1.54) is 0 Å². The number of amides is 1. The minimum absolute atomic E-state index is 0.0825. The summed E-state index contributed by atoms with van der Waals surface area (Å²) >= 11 is 0. The third kappa shape index (κ3) is 7.31. The molecule has 0 heterocycles. The highest BCUT2D eigenvalue weighted by Crippen LogP contribution is 2.07. The number of benzene rings is 1. The van der Waals surface area contributed by atoms with Crippen molar-refractivity contribution in [2.75, 3.05) is 6.61 Å². The summed E-state index contributed by atoms with van der Waals surface area (Å²) in [6.45, 7) is 5.37. The Bertz CT molecular complexity index is 467. The van der Waals surface area contributed by atoms with Gasteiger partial charge < -0.3 is 19.9 Å². The summed E-state index contributed by atoms with van der Waals surface area (Å²) in [7, 11) is 0. The van der Waals surface area contributed by atoms with Crippen LogP contribution in [0.4, 0.5) is 4.79 Å². The molecule has 1 rings (SSSR count). The molecule has 1 aromatic carbocycles. The van der Waals surface area contributed by atoms with Crippen LogP contribution in [0.15, 0.2) is 30.3 Å². The topological polar surface area (TPSA) is 84.9 Å². The summed E-state index contributed by atoms with van der Waals surface area (Å²) in [5.41, 5.74) is 0.342. The van der Waals surface area contributed by atoms with Crippen molar-refractivity contribution in [3.8, 4) is 0 Å². The second-order valence-electron chi connectivity index (χ2n) is 5.52. The molecule has 2 N–H and O–H groups in total. The molecule has 0 radical (unpaired) electrons. The molecule has 21 heavy (non-hydrogen) atoms. The standard InChI is InChI=1S/C15H21NO5/c1-15(2,3)21-10-12(13(17)18)16-14(19)20-9-11-7-5-4-6-8-11/h4-8,12H,9-10H2,1-3H3,(H,16,19)(H,17,18)/t12-/m1/s1. The van der Waals surface area contributed by atoms with Crippen LogP contribution in [-0.4, -0.2) is 35.4 Å². The van der Waals surface area contributed by atoms with E-state index in [4.69, 9.17) is 14.6 Å². The number of hydrogen-bond acceptors (Lipinski definition) is 4. The average molecular weight is 295 g/mol. The van der Waals surface area contributed by atoms with Gasteiger partial charge in [0, 0.05) is 0 Å². The zero-order valence-corrected chi connectivity index (χ0v) is 12.5. The number of carboxylic acids is 1. The molecule has 0 aliphatic rings. The first-order valence-electron chi connectivity index (χ1n) is 6.62. The van der Waals surface area contributed by atoms with Gasteiger partial charge in [-0.25, -0.2) is 9.59 Å². The van der Waals surface area contributed by atoms with Crippen molar-refractivity contribution in [3.05, 3.63) is 35.9 Å². The average Bonchev–Trinajstić information content (AvgIpc) is 2.41. The van der Waals surface area contributed by atoms with Crippen LogP contribution in [0.3, 0.4) is 0 Å². The second-order valence-corrected chi connectivity index (χ2v) is 5.52. The van der Waals surface area contributed by atoms with E-state index in [0.717, 1.165) is 5.56 Å². The number of rotatable bonds is 6. The van der Waals surface area contributed by atoms with E-state index in [-0.39, 0.29) is 13.2 Å². The molecule has 1 atom stereocenters. The number of hydrogen-bond donors (Lipinski definition) is 2. The zero-order valence-electron chi connectivity index (χ0n) is 12.5. The van der Waals surface area contributed by atoms with Crippen LogP contribution < -0.4 is 5.32 Å². The van der Waals surface area contributed by atoms with Crippen LogP contribution in [0, 0.1) is 0 Å². The molecule has 0 spiro atoms. The summed E-state index contributed by atoms with van der Waals surface area (Å²) < 4.78 is 10.3. The van der Waals surface area contributed by atoms with E-state index in [2.05, 4.69) is 5.32 Å². The Kier molecular flexibility index (Phi) is 6.17. The van der Waals surface area contributed by atoms with Gasteiger partial charge in [-0.15, -0.1) is 0 Å². The Morgan fingerprint density at radius 3 is 2.38 bits per heavy atom. The van der Waals surface area contributed by atoms with Crippen molar-refractivity contribution in [1.82, 2.24) is 5.32 Å². The van der Waals surface area contributed by atoms with E-state index in [9.17, 15) is 9.59 Å². The maximum absolute atomic E-state index is 11.6. The number of carbonyl (C=O) groups is 2. The lowest BCUT2D eigenvalue weighted by atomic mass is 10.2. The Balaban J connectivity index is 2.43. The van der Waals surface area contributed by atoms with Gasteiger partial charge in [0.15, 0.2) is 6.04 Å². The van der Waals surface area contributed by atoms with Crippen LogP contribution in [-0.2, 0) is 20.9 Å². The summed E-state index contributed by atoms with van der Waals surface area (Å²) in [5.74, 6) is -1.17. The maximum atomic E-state index is 11.6. The van der Waals surface area contributed by atoms with Crippen molar-refractivity contribution >= 4 is 12.1 Å². The third-order valence-electron chi connectivity index (χ3n) is 2.49. The normalized spacial score (nSPS) is 12.5. The first-order chi connectivity index (χ1) is 9.78. The molecule has 0 bridgehead atoms. The molecule has 1 aromatic rings. The van der Waals surface area contributed by atoms with Gasteiger partial charge >= 0.3 is 12.1 Å². The molecule has 116 valence electrons. The molecule has 0 aliphatic carbocycles. The monoisotopic (exact) mass is 295 g/mol. The Morgan fingerprint density at radius 1 is 1.24 bits per heavy atom. The maximum Gasteiger partial charge on any atom is 0.408 e. The first kappa shape index (κ1) is 17.0. The number of carbonyl (C=O) groups excluding carboxylic acids is 1. The Hall–Kier alpha value is -2.08. The van der Waals surface area contributed by atoms with Crippen LogP contribution in [0.5, 0.6) is 0 Å². The van der Waals surface area contributed by atoms with Gasteiger partial charge in [0.1, 0.15) is 6.61 Å². The Morgan fingerprint density at radius 2 is 1.86 bits per heavy atom. The summed E-state index contributed by atoms with van der Waals surface area (Å²) in [6.07, 6.45) is -0.788. The molecule has 0 fully saturated rings. The lowest BCUT2D eigenvalue weighted by Gasteiger charge is -2.22. The van der Waals surface area contributed by atoms with E-state index in [1.54, 1.807) is 20.8 Å². The van der Waals surface area contributed by atoms with Gasteiger partial charge in [0.05, 0.1) is 12.2 Å². The van der Waals surface area contributed by atoms with Gasteiger partial charge in [-0.3, -0.25) is 0 Å². The zero-order chi connectivity index (χ0) is 15.9. The lowest BCUT2D eigenvalue weighted by Crippen LogP contribution is -2.45. The molecule has 0 saturated heterocycles.